The van der Waals surface area contributed by atoms with Crippen LogP contribution in [0.5, 0.6) is 0 Å². The highest BCUT2D eigenvalue weighted by atomic mass is 16.3. The van der Waals surface area contributed by atoms with Gasteiger partial charge in [0, 0.05) is 31.3 Å². The number of amides is 1. The van der Waals surface area contributed by atoms with Gasteiger partial charge in [0.15, 0.2) is 5.78 Å². The number of nitrogens with zero attached hydrogens (tertiary/aromatic N) is 1. The molecule has 3 aromatic rings. The Morgan fingerprint density at radius 3 is 2.15 bits per heavy atom. The lowest BCUT2D eigenvalue weighted by atomic mass is 10.0. The number of benzene rings is 2. The van der Waals surface area contributed by atoms with Crippen molar-refractivity contribution in [1.82, 2.24) is 9.88 Å². The van der Waals surface area contributed by atoms with Gasteiger partial charge >= 0.3 is 0 Å². The second-order valence-corrected chi connectivity index (χ2v) is 6.69. The standard InChI is InChI=1S/C22H20N2O3/c25-14-16-3-7-18(8-4-16)17-5-1-15(2-6-17)13-24-12-10-19-20(26)9-11-23-22(27)21(19)24/h1-8,10,12,25H,9,11,13-14H2,(H,23,27). The molecule has 2 heterocycles. The van der Waals surface area contributed by atoms with Gasteiger partial charge in [-0.3, -0.25) is 9.59 Å². The van der Waals surface area contributed by atoms with Crippen LogP contribution < -0.4 is 5.32 Å². The average molecular weight is 360 g/mol. The van der Waals surface area contributed by atoms with Crippen LogP contribution in [0.25, 0.3) is 11.1 Å². The summed E-state index contributed by atoms with van der Waals surface area (Å²) in [5, 5.41) is 11.9. The first-order valence-corrected chi connectivity index (χ1v) is 8.95. The van der Waals surface area contributed by atoms with Crippen LogP contribution in [0.1, 0.15) is 38.4 Å². The number of aliphatic hydroxyl groups is 1. The summed E-state index contributed by atoms with van der Waals surface area (Å²) in [6, 6.07) is 17.7. The quantitative estimate of drug-likeness (QED) is 0.751. The number of hydrogen-bond donors (Lipinski definition) is 2. The molecule has 0 saturated heterocycles. The van der Waals surface area contributed by atoms with Gasteiger partial charge in [-0.05, 0) is 28.3 Å². The highest BCUT2D eigenvalue weighted by molar-refractivity contribution is 6.09. The number of carbonyl (C=O) groups excluding carboxylic acids is 2. The molecule has 0 saturated carbocycles. The Morgan fingerprint density at radius 1 is 0.889 bits per heavy atom. The summed E-state index contributed by atoms with van der Waals surface area (Å²) in [6.45, 7) is 0.951. The van der Waals surface area contributed by atoms with Crippen LogP contribution in [-0.4, -0.2) is 27.9 Å². The van der Waals surface area contributed by atoms with Crippen molar-refractivity contribution in [3.8, 4) is 11.1 Å². The normalized spacial score (nSPS) is 13.8. The zero-order valence-electron chi connectivity index (χ0n) is 14.8. The number of nitrogens with one attached hydrogen (secondary N) is 1. The SMILES string of the molecule is O=C1CCNC(=O)c2c1ccn2Cc1ccc(-c2ccc(CO)cc2)cc1. The molecule has 1 aromatic heterocycles. The van der Waals surface area contributed by atoms with E-state index in [0.717, 1.165) is 22.3 Å². The minimum atomic E-state index is -0.193. The minimum Gasteiger partial charge on any atom is -0.392 e. The molecule has 0 bridgehead atoms. The molecule has 0 aliphatic carbocycles. The molecule has 0 radical (unpaired) electrons. The Labute approximate surface area is 157 Å². The lowest BCUT2D eigenvalue weighted by Gasteiger charge is -2.10. The van der Waals surface area contributed by atoms with Crippen molar-refractivity contribution in [3.05, 3.63) is 83.2 Å². The molecule has 0 spiro atoms. The van der Waals surface area contributed by atoms with Crippen LogP contribution in [0.15, 0.2) is 60.8 Å². The molecule has 5 nitrogen and oxygen atoms in total. The van der Waals surface area contributed by atoms with Crippen molar-refractivity contribution in [2.75, 3.05) is 6.54 Å². The number of aromatic nitrogens is 1. The van der Waals surface area contributed by atoms with Crippen molar-refractivity contribution in [1.29, 1.82) is 0 Å². The van der Waals surface area contributed by atoms with Gasteiger partial charge in [-0.1, -0.05) is 48.5 Å². The van der Waals surface area contributed by atoms with Crippen molar-refractivity contribution in [2.24, 2.45) is 0 Å². The van der Waals surface area contributed by atoms with E-state index in [1.54, 1.807) is 12.3 Å². The largest absolute Gasteiger partial charge is 0.392 e. The van der Waals surface area contributed by atoms with Gasteiger partial charge in [0.25, 0.3) is 5.91 Å². The van der Waals surface area contributed by atoms with Crippen LogP contribution in [0, 0.1) is 0 Å². The van der Waals surface area contributed by atoms with Crippen LogP contribution in [0.4, 0.5) is 0 Å². The highest BCUT2D eigenvalue weighted by Gasteiger charge is 2.24. The number of aliphatic hydroxyl groups excluding tert-OH is 1. The topological polar surface area (TPSA) is 71.3 Å². The Morgan fingerprint density at radius 2 is 1.52 bits per heavy atom. The summed E-state index contributed by atoms with van der Waals surface area (Å²) in [7, 11) is 0. The van der Waals surface area contributed by atoms with E-state index in [-0.39, 0.29) is 18.3 Å². The van der Waals surface area contributed by atoms with Gasteiger partial charge in [-0.25, -0.2) is 0 Å². The molecule has 1 aliphatic rings. The summed E-state index contributed by atoms with van der Waals surface area (Å²) < 4.78 is 1.83. The molecule has 5 heteroatoms. The van der Waals surface area contributed by atoms with Gasteiger partial charge in [0.05, 0.1) is 6.61 Å². The van der Waals surface area contributed by atoms with Crippen molar-refractivity contribution in [2.45, 2.75) is 19.6 Å². The Balaban J connectivity index is 1.57. The van der Waals surface area contributed by atoms with Crippen molar-refractivity contribution >= 4 is 11.7 Å². The first-order chi connectivity index (χ1) is 13.2. The van der Waals surface area contributed by atoms with E-state index in [1.165, 1.54) is 0 Å². The van der Waals surface area contributed by atoms with Crippen molar-refractivity contribution < 1.29 is 14.7 Å². The fourth-order valence-electron chi connectivity index (χ4n) is 3.39. The van der Waals surface area contributed by atoms with E-state index in [1.807, 2.05) is 53.1 Å². The molecule has 27 heavy (non-hydrogen) atoms. The third-order valence-electron chi connectivity index (χ3n) is 4.89. The van der Waals surface area contributed by atoms with E-state index in [9.17, 15) is 9.59 Å². The first kappa shape index (κ1) is 17.2. The molecular weight excluding hydrogens is 340 g/mol. The Hall–Kier alpha value is -3.18. The van der Waals surface area contributed by atoms with Gasteiger partial charge < -0.3 is 15.0 Å². The molecule has 1 amide bonds. The summed E-state index contributed by atoms with van der Waals surface area (Å²) in [4.78, 5) is 24.5. The lowest BCUT2D eigenvalue weighted by molar-refractivity contribution is 0.0947. The summed E-state index contributed by atoms with van der Waals surface area (Å²) >= 11 is 0. The van der Waals surface area contributed by atoms with Crippen molar-refractivity contribution in [3.63, 3.8) is 0 Å². The number of hydrogen-bond acceptors (Lipinski definition) is 3. The molecule has 136 valence electrons. The third-order valence-corrected chi connectivity index (χ3v) is 4.89. The molecule has 2 aromatic carbocycles. The van der Waals surface area contributed by atoms with Gasteiger partial charge in [-0.2, -0.15) is 0 Å². The number of fused-ring (bicyclic) bond motifs is 1. The second kappa shape index (κ2) is 7.21. The number of Topliss-reactive ketones (excluding diaryl/α,β-unsaturated/α-hetero) is 1. The predicted molar refractivity (Wildman–Crippen MR) is 103 cm³/mol. The molecule has 4 rings (SSSR count). The summed E-state index contributed by atoms with van der Waals surface area (Å²) in [5.41, 5.74) is 5.05. The maximum atomic E-state index is 12.3. The Kier molecular flexibility index (Phi) is 4.60. The predicted octanol–water partition coefficient (Wildman–Crippen LogP) is 3.01. The van der Waals surface area contributed by atoms with Crippen LogP contribution in [-0.2, 0) is 13.2 Å². The number of carbonyl (C=O) groups is 2. The lowest BCUT2D eigenvalue weighted by Crippen LogP contribution is -2.25. The van der Waals surface area contributed by atoms with Crippen LogP contribution >= 0.6 is 0 Å². The third kappa shape index (κ3) is 3.41. The minimum absolute atomic E-state index is 0.00349. The fourth-order valence-corrected chi connectivity index (χ4v) is 3.39. The van der Waals surface area contributed by atoms with E-state index in [4.69, 9.17) is 5.11 Å². The van der Waals surface area contributed by atoms with E-state index >= 15 is 0 Å². The number of rotatable bonds is 4. The summed E-state index contributed by atoms with van der Waals surface area (Å²) in [6.07, 6.45) is 2.14. The van der Waals surface area contributed by atoms with E-state index in [2.05, 4.69) is 5.32 Å². The fraction of sp³-hybridized carbons (Fsp3) is 0.182. The second-order valence-electron chi connectivity index (χ2n) is 6.69. The molecule has 1 aliphatic heterocycles. The molecule has 0 atom stereocenters. The molecule has 2 N–H and O–H groups in total. The smallest absolute Gasteiger partial charge is 0.268 e. The van der Waals surface area contributed by atoms with Crippen LogP contribution in [0.2, 0.25) is 0 Å². The number of ketones is 1. The van der Waals surface area contributed by atoms with Gasteiger partial charge in [0.2, 0.25) is 0 Å². The van der Waals surface area contributed by atoms with Crippen LogP contribution in [0.3, 0.4) is 0 Å². The van der Waals surface area contributed by atoms with E-state index in [0.29, 0.717) is 30.8 Å². The van der Waals surface area contributed by atoms with E-state index < -0.39 is 0 Å². The molecule has 0 fully saturated rings. The average Bonchev–Trinajstić information content (AvgIpc) is 3.06. The monoisotopic (exact) mass is 360 g/mol. The van der Waals surface area contributed by atoms with Gasteiger partial charge in [0.1, 0.15) is 5.69 Å². The molecular formula is C22H20N2O3. The first-order valence-electron chi connectivity index (χ1n) is 8.95. The maximum Gasteiger partial charge on any atom is 0.268 e. The zero-order valence-corrected chi connectivity index (χ0v) is 14.8. The van der Waals surface area contributed by atoms with Gasteiger partial charge in [-0.15, -0.1) is 0 Å². The zero-order chi connectivity index (χ0) is 18.8. The molecule has 0 unspecified atom stereocenters. The Bertz CT molecular complexity index is 985. The summed E-state index contributed by atoms with van der Waals surface area (Å²) in [5.74, 6) is -0.190. The highest BCUT2D eigenvalue weighted by Crippen LogP contribution is 2.22. The maximum absolute atomic E-state index is 12.3.